The maximum atomic E-state index is 7.31. The molecule has 536 valence electrons. The van der Waals surface area contributed by atoms with E-state index in [0.717, 1.165) is 192 Å². The smallest absolute Gasteiger partial charge is 0.187 e. The van der Waals surface area contributed by atoms with Gasteiger partial charge in [0.1, 0.15) is 0 Å². The highest BCUT2D eigenvalue weighted by Gasteiger charge is 2.25. The Bertz CT molecular complexity index is 7920. The zero-order valence-corrected chi connectivity index (χ0v) is 62.1. The third kappa shape index (κ3) is 10.9. The van der Waals surface area contributed by atoms with Gasteiger partial charge < -0.3 is 0 Å². The summed E-state index contributed by atoms with van der Waals surface area (Å²) < 4.78 is 0. The molecule has 0 saturated heterocycles. The van der Waals surface area contributed by atoms with Crippen LogP contribution in [0.3, 0.4) is 0 Å². The molecule has 0 spiro atoms. The molecular formula is C105H61N11. The standard InChI is InChI=1S/C36H20N4.C35H21N3.C34H20N4/c1-37-23-16-14-22(15-17-23)24-18-19-27(26-9-3-2-8-25(24)26)34-33-30-12-7-21-39-36(30)35-29(11-6-20-38-35)32(33)28-10-4-5-13-31(28)40-34;1-2-10-22(11-3-1)23-18-19-26(25-13-5-4-12-24(23)25)33-32-29-16-9-21-37-35(29)34-28(15-8-20-36-34)31(32)27-14-6-7-17-30(27)38-33;1-2-8-24-23(7-1)22(21-15-19-35-20-16-21)13-14-25(24)32-31-28-11-6-18-37-34(28)33-27(10-5-17-36-33)30(31)26-9-3-4-12-29(26)38-32/h2-21H;1-21H;1-20H. The first-order valence-electron chi connectivity index (χ1n) is 38.6. The molecule has 0 aliphatic rings. The Labute approximate surface area is 663 Å². The van der Waals surface area contributed by atoms with Gasteiger partial charge in [-0.05, 0) is 132 Å². The topological polar surface area (TPSA) is 133 Å². The molecule has 0 amide bonds. The molecule has 0 atom stereocenters. The summed E-state index contributed by atoms with van der Waals surface area (Å²) in [4.78, 5) is 52.5. The van der Waals surface area contributed by atoms with E-state index in [-0.39, 0.29) is 0 Å². The van der Waals surface area contributed by atoms with Crippen molar-refractivity contribution < 1.29 is 0 Å². The van der Waals surface area contributed by atoms with Gasteiger partial charge in [-0.15, -0.1) is 0 Å². The molecule has 0 radical (unpaired) electrons. The largest absolute Gasteiger partial charge is 0.265 e. The molecule has 0 aliphatic heterocycles. The highest BCUT2D eigenvalue weighted by atomic mass is 14.8. The van der Waals surface area contributed by atoms with Gasteiger partial charge >= 0.3 is 0 Å². The van der Waals surface area contributed by atoms with Crippen molar-refractivity contribution in [2.75, 3.05) is 0 Å². The number of hydrogen-bond donors (Lipinski definition) is 0. The molecule has 0 bridgehead atoms. The first-order chi connectivity index (χ1) is 57.6. The SMILES string of the molecule is [C-]#[N+]c1ccc(-c2ccc(-c3nc4ccccc4c4c5cccnc5c5ncccc5c34)c3ccccc23)cc1.c1ccc(-c2ccc(-c3nc4ccccc4c4c5cccnc5c5ncccc5c34)c3ccccc23)cc1.c1ccc2c(c1)nc(-c1ccc(-c3ccncc3)c3ccccc13)c1c3cccnc3c3ncccc3c21. The van der Waals surface area contributed by atoms with E-state index in [2.05, 4.69) is 265 Å². The van der Waals surface area contributed by atoms with Gasteiger partial charge in [-0.3, -0.25) is 34.9 Å². The molecule has 24 rings (SSSR count). The van der Waals surface area contributed by atoms with Gasteiger partial charge in [0.15, 0.2) is 5.69 Å². The molecular weight excluding hydrogens is 1420 g/mol. The number of aromatic nitrogens is 10. The summed E-state index contributed by atoms with van der Waals surface area (Å²) in [5.74, 6) is 0. The molecule has 0 saturated carbocycles. The fourth-order valence-corrected chi connectivity index (χ4v) is 17.8. The predicted octanol–water partition coefficient (Wildman–Crippen LogP) is 26.9. The number of rotatable bonds is 6. The third-order valence-electron chi connectivity index (χ3n) is 22.7. The molecule has 116 heavy (non-hydrogen) atoms. The Morgan fingerprint density at radius 1 is 0.181 bits per heavy atom. The minimum absolute atomic E-state index is 0.638. The molecule has 0 aliphatic carbocycles. The average molecular weight is 1480 g/mol. The Hall–Kier alpha value is -16.0. The molecule has 0 unspecified atom stereocenters. The lowest BCUT2D eigenvalue weighted by Gasteiger charge is -2.17. The van der Waals surface area contributed by atoms with Crippen LogP contribution in [0, 0.1) is 6.57 Å². The summed E-state index contributed by atoms with van der Waals surface area (Å²) >= 11 is 0. The van der Waals surface area contributed by atoms with Crippen molar-refractivity contribution in [3.8, 4) is 67.2 Å². The predicted molar refractivity (Wildman–Crippen MR) is 479 cm³/mol. The van der Waals surface area contributed by atoms with Gasteiger partial charge in [0.2, 0.25) is 0 Å². The lowest BCUT2D eigenvalue weighted by Crippen LogP contribution is -1.95. The van der Waals surface area contributed by atoms with Crippen LogP contribution in [-0.4, -0.2) is 49.8 Å². The molecule has 14 aromatic carbocycles. The molecule has 24 aromatic rings. The zero-order valence-electron chi connectivity index (χ0n) is 62.1. The summed E-state index contributed by atoms with van der Waals surface area (Å²) in [7, 11) is 0. The quantitative estimate of drug-likeness (QED) is 0.117. The van der Waals surface area contributed by atoms with E-state index < -0.39 is 0 Å². The van der Waals surface area contributed by atoms with Crippen molar-refractivity contribution in [3.05, 3.63) is 383 Å². The summed E-state index contributed by atoms with van der Waals surface area (Å²) in [6.07, 6.45) is 14.7. The zero-order chi connectivity index (χ0) is 76.7. The average Bonchev–Trinajstić information content (AvgIpc) is 0.721. The van der Waals surface area contributed by atoms with E-state index in [1.807, 2.05) is 116 Å². The van der Waals surface area contributed by atoms with Crippen LogP contribution in [0.15, 0.2) is 371 Å². The maximum absolute atomic E-state index is 7.31. The molecule has 10 heterocycles. The Balaban J connectivity index is 0.000000106. The highest BCUT2D eigenvalue weighted by Crippen LogP contribution is 2.49. The second kappa shape index (κ2) is 27.8. The van der Waals surface area contributed by atoms with Crippen molar-refractivity contribution in [2.45, 2.75) is 0 Å². The second-order valence-corrected chi connectivity index (χ2v) is 29.0. The molecule has 0 N–H and O–H groups in total. The molecule has 10 aromatic heterocycles. The Morgan fingerprint density at radius 2 is 0.422 bits per heavy atom. The van der Waals surface area contributed by atoms with Crippen molar-refractivity contribution in [1.82, 2.24) is 49.8 Å². The van der Waals surface area contributed by atoms with Gasteiger partial charge in [-0.1, -0.05) is 255 Å². The van der Waals surface area contributed by atoms with Crippen LogP contribution in [0.4, 0.5) is 5.69 Å². The van der Waals surface area contributed by atoms with Gasteiger partial charge in [-0.2, -0.15) is 0 Å². The van der Waals surface area contributed by atoms with Gasteiger partial charge in [0.05, 0.1) is 73.3 Å². The van der Waals surface area contributed by atoms with Crippen molar-refractivity contribution in [1.29, 1.82) is 0 Å². The van der Waals surface area contributed by atoms with Crippen LogP contribution in [0.1, 0.15) is 0 Å². The van der Waals surface area contributed by atoms with Crippen LogP contribution in [0.5, 0.6) is 0 Å². The fraction of sp³-hybridized carbons (Fsp3) is 0. The van der Waals surface area contributed by atoms with Crippen molar-refractivity contribution >= 4 is 168 Å². The summed E-state index contributed by atoms with van der Waals surface area (Å²) in [5, 5.41) is 23.6. The number of hydrogen-bond acceptors (Lipinski definition) is 10. The van der Waals surface area contributed by atoms with Gasteiger partial charge in [-0.25, -0.2) is 19.8 Å². The number of pyridine rings is 10. The maximum Gasteiger partial charge on any atom is 0.187 e. The summed E-state index contributed by atoms with van der Waals surface area (Å²) in [5.41, 5.74) is 22.0. The Kier molecular flexibility index (Phi) is 16.0. The number of para-hydroxylation sites is 3. The fourth-order valence-electron chi connectivity index (χ4n) is 17.8. The number of nitrogens with zero attached hydrogens (tertiary/aromatic N) is 11. The lowest BCUT2D eigenvalue weighted by atomic mass is 9.89. The number of fused-ring (bicyclic) bond motifs is 27. The molecule has 11 heteroatoms. The van der Waals surface area contributed by atoms with Crippen LogP contribution >= 0.6 is 0 Å². The second-order valence-electron chi connectivity index (χ2n) is 29.0. The van der Waals surface area contributed by atoms with E-state index in [9.17, 15) is 0 Å². The Morgan fingerprint density at radius 3 is 0.733 bits per heavy atom. The molecule has 11 nitrogen and oxygen atoms in total. The normalized spacial score (nSPS) is 11.6. The first kappa shape index (κ1) is 66.9. The van der Waals surface area contributed by atoms with Crippen molar-refractivity contribution in [2.24, 2.45) is 0 Å². The first-order valence-corrected chi connectivity index (χ1v) is 38.6. The summed E-state index contributed by atoms with van der Waals surface area (Å²) in [6.45, 7) is 7.31. The number of benzene rings is 14. The van der Waals surface area contributed by atoms with E-state index in [1.54, 1.807) is 0 Å². The van der Waals surface area contributed by atoms with E-state index in [1.165, 1.54) is 38.2 Å². The monoisotopic (exact) mass is 1480 g/mol. The molecule has 0 fully saturated rings. The van der Waals surface area contributed by atoms with Crippen molar-refractivity contribution in [3.63, 3.8) is 0 Å². The van der Waals surface area contributed by atoms with Gasteiger partial charge in [0, 0.05) is 147 Å². The van der Waals surface area contributed by atoms with Crippen LogP contribution in [0.25, 0.3) is 235 Å². The van der Waals surface area contributed by atoms with E-state index in [4.69, 9.17) is 51.4 Å². The van der Waals surface area contributed by atoms with Crippen LogP contribution in [-0.2, 0) is 0 Å². The minimum Gasteiger partial charge on any atom is -0.265 e. The lowest BCUT2D eigenvalue weighted by molar-refractivity contribution is 1.33. The van der Waals surface area contributed by atoms with Gasteiger partial charge in [0.25, 0.3) is 0 Å². The third-order valence-corrected chi connectivity index (χ3v) is 22.7. The van der Waals surface area contributed by atoms with E-state index in [0.29, 0.717) is 5.69 Å². The van der Waals surface area contributed by atoms with Crippen LogP contribution < -0.4 is 0 Å². The highest BCUT2D eigenvalue weighted by molar-refractivity contribution is 6.36. The minimum atomic E-state index is 0.638. The van der Waals surface area contributed by atoms with Crippen LogP contribution in [0.2, 0.25) is 0 Å². The van der Waals surface area contributed by atoms with E-state index >= 15 is 0 Å². The summed E-state index contributed by atoms with van der Waals surface area (Å²) in [6, 6.07) is 112.